The van der Waals surface area contributed by atoms with Gasteiger partial charge < -0.3 is 14.6 Å². The van der Waals surface area contributed by atoms with Crippen LogP contribution in [0.4, 0.5) is 4.39 Å². The van der Waals surface area contributed by atoms with Gasteiger partial charge in [0, 0.05) is 5.56 Å². The van der Waals surface area contributed by atoms with Crippen molar-refractivity contribution in [1.29, 1.82) is 0 Å². The van der Waals surface area contributed by atoms with Crippen LogP contribution in [0.3, 0.4) is 0 Å². The van der Waals surface area contributed by atoms with Gasteiger partial charge in [0.15, 0.2) is 0 Å². The largest absolute Gasteiger partial charge is 0.497 e. The summed E-state index contributed by atoms with van der Waals surface area (Å²) in [7, 11) is 1.57. The third-order valence-electron chi connectivity index (χ3n) is 6.00. The number of aliphatic carboxylic acids is 1. The van der Waals surface area contributed by atoms with Crippen LogP contribution in [0.2, 0.25) is 0 Å². The number of carboxylic acid groups (broad SMARTS) is 1. The number of benzene rings is 3. The maximum atomic E-state index is 14.8. The molecule has 1 N–H and O–H groups in total. The van der Waals surface area contributed by atoms with Crippen LogP contribution >= 0.6 is 0 Å². The number of carbonyl (C=O) groups is 1. The summed E-state index contributed by atoms with van der Waals surface area (Å²) in [6.45, 7) is 8.82. The number of hydrogen-bond acceptors (Lipinski definition) is 3. The summed E-state index contributed by atoms with van der Waals surface area (Å²) in [5.41, 5.74) is 4.32. The van der Waals surface area contributed by atoms with Crippen LogP contribution in [0.15, 0.2) is 60.7 Å². The summed E-state index contributed by atoms with van der Waals surface area (Å²) in [6.07, 6.45) is 1.62. The summed E-state index contributed by atoms with van der Waals surface area (Å²) in [4.78, 5) is 11.2. The zero-order valence-corrected chi connectivity index (χ0v) is 21.2. The molecule has 3 rings (SSSR count). The van der Waals surface area contributed by atoms with Crippen molar-refractivity contribution >= 4 is 5.97 Å². The van der Waals surface area contributed by atoms with Gasteiger partial charge in [-0.25, -0.2) is 4.39 Å². The van der Waals surface area contributed by atoms with Crippen molar-refractivity contribution in [1.82, 2.24) is 0 Å². The van der Waals surface area contributed by atoms with Crippen molar-refractivity contribution in [2.24, 2.45) is 5.41 Å². The van der Waals surface area contributed by atoms with Crippen LogP contribution in [0.25, 0.3) is 11.1 Å². The van der Waals surface area contributed by atoms with E-state index in [4.69, 9.17) is 9.47 Å². The molecule has 0 radical (unpaired) electrons. The van der Waals surface area contributed by atoms with E-state index in [2.05, 4.69) is 20.8 Å². The van der Waals surface area contributed by atoms with Gasteiger partial charge in [-0.05, 0) is 76.8 Å². The van der Waals surface area contributed by atoms with Crippen LogP contribution in [0.5, 0.6) is 11.5 Å². The maximum Gasteiger partial charge on any atom is 0.303 e. The molecule has 0 aliphatic heterocycles. The number of rotatable bonds is 10. The third kappa shape index (κ3) is 7.32. The monoisotopic (exact) mass is 478 g/mol. The van der Waals surface area contributed by atoms with Gasteiger partial charge in [-0.15, -0.1) is 0 Å². The van der Waals surface area contributed by atoms with E-state index in [0.29, 0.717) is 23.7 Å². The fourth-order valence-corrected chi connectivity index (χ4v) is 4.29. The quantitative estimate of drug-likeness (QED) is 0.325. The van der Waals surface area contributed by atoms with Crippen LogP contribution in [-0.2, 0) is 17.8 Å². The molecule has 0 fully saturated rings. The molecule has 5 heteroatoms. The first-order valence-corrected chi connectivity index (χ1v) is 12.0. The molecule has 0 aliphatic carbocycles. The minimum Gasteiger partial charge on any atom is -0.497 e. The van der Waals surface area contributed by atoms with Crippen molar-refractivity contribution in [2.45, 2.75) is 59.5 Å². The van der Waals surface area contributed by atoms with E-state index in [9.17, 15) is 14.3 Å². The Balaban J connectivity index is 1.87. The van der Waals surface area contributed by atoms with Gasteiger partial charge in [0.1, 0.15) is 23.9 Å². The van der Waals surface area contributed by atoms with E-state index >= 15 is 0 Å². The highest BCUT2D eigenvalue weighted by molar-refractivity contribution is 5.70. The molecular weight excluding hydrogens is 443 g/mol. The van der Waals surface area contributed by atoms with Gasteiger partial charge in [0.2, 0.25) is 0 Å². The van der Waals surface area contributed by atoms with Crippen molar-refractivity contribution in [3.8, 4) is 22.6 Å². The molecule has 3 aromatic rings. The number of carboxylic acids is 1. The maximum absolute atomic E-state index is 14.8. The Labute approximate surface area is 207 Å². The predicted molar refractivity (Wildman–Crippen MR) is 138 cm³/mol. The van der Waals surface area contributed by atoms with E-state index in [1.807, 2.05) is 49.4 Å². The van der Waals surface area contributed by atoms with E-state index in [-0.39, 0.29) is 23.6 Å². The van der Waals surface area contributed by atoms with Crippen molar-refractivity contribution < 1.29 is 23.8 Å². The van der Waals surface area contributed by atoms with Gasteiger partial charge in [-0.2, -0.15) is 0 Å². The zero-order chi connectivity index (χ0) is 25.6. The molecule has 0 bridgehead atoms. The lowest BCUT2D eigenvalue weighted by Gasteiger charge is -2.22. The van der Waals surface area contributed by atoms with E-state index in [1.165, 1.54) is 6.07 Å². The minimum absolute atomic E-state index is 0.00362. The standard InChI is InChI=1S/C30H35FO4/c1-6-21(16-29(32)33)22-9-7-8-20(14-22)19-35-25-10-12-26(23(15-25)18-30(2,3)4)27-17-24(34-5)11-13-28(27)31/h7-15,17,21H,6,16,18-19H2,1-5H3,(H,32,33). The molecule has 3 aromatic carbocycles. The second-order valence-electron chi connectivity index (χ2n) is 10.1. The summed E-state index contributed by atoms with van der Waals surface area (Å²) in [6, 6.07) is 18.5. The molecule has 0 amide bonds. The Bertz CT molecular complexity index is 1160. The molecule has 0 aromatic heterocycles. The second-order valence-corrected chi connectivity index (χ2v) is 10.1. The molecule has 0 saturated heterocycles. The summed E-state index contributed by atoms with van der Waals surface area (Å²) in [5.74, 6) is 0.203. The SMILES string of the molecule is CCC(CC(=O)O)c1cccc(COc2ccc(-c3cc(OC)ccc3F)c(CC(C)(C)C)c2)c1. The number of methoxy groups -OCH3 is 1. The number of hydrogen-bond donors (Lipinski definition) is 1. The molecule has 1 unspecified atom stereocenters. The highest BCUT2D eigenvalue weighted by Crippen LogP contribution is 2.35. The molecule has 0 spiro atoms. The van der Waals surface area contributed by atoms with E-state index in [0.717, 1.165) is 35.1 Å². The van der Waals surface area contributed by atoms with Gasteiger partial charge in [-0.3, -0.25) is 4.79 Å². The Hall–Kier alpha value is -3.34. The Kier molecular flexibility index (Phi) is 8.55. The van der Waals surface area contributed by atoms with Gasteiger partial charge >= 0.3 is 5.97 Å². The minimum atomic E-state index is -0.794. The van der Waals surface area contributed by atoms with Crippen LogP contribution in [-0.4, -0.2) is 18.2 Å². The zero-order valence-electron chi connectivity index (χ0n) is 21.2. The fourth-order valence-electron chi connectivity index (χ4n) is 4.29. The predicted octanol–water partition coefficient (Wildman–Crippen LogP) is 7.64. The molecule has 0 aliphatic rings. The first-order chi connectivity index (χ1) is 16.6. The normalized spacial score (nSPS) is 12.3. The van der Waals surface area contributed by atoms with Crippen molar-refractivity contribution in [2.75, 3.05) is 7.11 Å². The molecule has 0 saturated carbocycles. The molecule has 4 nitrogen and oxygen atoms in total. The van der Waals surface area contributed by atoms with Crippen LogP contribution in [0.1, 0.15) is 63.1 Å². The lowest BCUT2D eigenvalue weighted by Crippen LogP contribution is -2.10. The molecular formula is C30H35FO4. The first kappa shape index (κ1) is 26.3. The van der Waals surface area contributed by atoms with Crippen molar-refractivity contribution in [3.05, 3.63) is 83.2 Å². The summed E-state index contributed by atoms with van der Waals surface area (Å²) < 4.78 is 26.2. The summed E-state index contributed by atoms with van der Waals surface area (Å²) in [5, 5.41) is 9.20. The second kappa shape index (κ2) is 11.4. The Morgan fingerprint density at radius 3 is 2.40 bits per heavy atom. The van der Waals surface area contributed by atoms with Crippen LogP contribution in [0, 0.1) is 11.2 Å². The highest BCUT2D eigenvalue weighted by atomic mass is 19.1. The van der Waals surface area contributed by atoms with Crippen molar-refractivity contribution in [3.63, 3.8) is 0 Å². The van der Waals surface area contributed by atoms with Gasteiger partial charge in [-0.1, -0.05) is 58.0 Å². The average molecular weight is 479 g/mol. The molecule has 0 heterocycles. The number of ether oxygens (including phenoxy) is 2. The van der Waals surface area contributed by atoms with Crippen LogP contribution < -0.4 is 9.47 Å². The fraction of sp³-hybridized carbons (Fsp3) is 0.367. The van der Waals surface area contributed by atoms with E-state index < -0.39 is 5.97 Å². The molecule has 186 valence electrons. The lowest BCUT2D eigenvalue weighted by atomic mass is 9.84. The highest BCUT2D eigenvalue weighted by Gasteiger charge is 2.19. The van der Waals surface area contributed by atoms with Gasteiger partial charge in [0.05, 0.1) is 13.5 Å². The van der Waals surface area contributed by atoms with E-state index in [1.54, 1.807) is 19.2 Å². The lowest BCUT2D eigenvalue weighted by molar-refractivity contribution is -0.137. The molecule has 35 heavy (non-hydrogen) atoms. The Morgan fingerprint density at radius 2 is 1.74 bits per heavy atom. The van der Waals surface area contributed by atoms with Gasteiger partial charge in [0.25, 0.3) is 0 Å². The first-order valence-electron chi connectivity index (χ1n) is 12.0. The number of halogens is 1. The Morgan fingerprint density at radius 1 is 1.00 bits per heavy atom. The summed E-state index contributed by atoms with van der Waals surface area (Å²) >= 11 is 0. The average Bonchev–Trinajstić information content (AvgIpc) is 2.81. The molecule has 1 atom stereocenters. The topological polar surface area (TPSA) is 55.8 Å². The smallest absolute Gasteiger partial charge is 0.303 e. The third-order valence-corrected chi connectivity index (χ3v) is 6.00.